The van der Waals surface area contributed by atoms with Crippen LogP contribution in [0.3, 0.4) is 0 Å². The monoisotopic (exact) mass is 416 g/mol. The molecular weight excluding hydrogens is 392 g/mol. The summed E-state index contributed by atoms with van der Waals surface area (Å²) >= 11 is 0. The lowest BCUT2D eigenvalue weighted by molar-refractivity contribution is 0.353. The van der Waals surface area contributed by atoms with E-state index in [0.717, 1.165) is 35.3 Å². The van der Waals surface area contributed by atoms with E-state index in [1.54, 1.807) is 18.9 Å². The molecule has 158 valence electrons. The average Bonchev–Trinajstić information content (AvgIpc) is 3.16. The van der Waals surface area contributed by atoms with Crippen molar-refractivity contribution in [1.29, 1.82) is 5.26 Å². The van der Waals surface area contributed by atoms with Gasteiger partial charge >= 0.3 is 0 Å². The molecule has 0 fully saturated rings. The van der Waals surface area contributed by atoms with Crippen molar-refractivity contribution in [1.82, 2.24) is 9.78 Å². The van der Waals surface area contributed by atoms with Crippen LogP contribution in [0.15, 0.2) is 60.0 Å². The molecule has 1 unspecified atom stereocenters. The van der Waals surface area contributed by atoms with Crippen LogP contribution < -0.4 is 19.9 Å². The molecule has 7 heteroatoms. The molecule has 0 saturated carbocycles. The number of hydrogen-bond donors (Lipinski definition) is 1. The van der Waals surface area contributed by atoms with Crippen LogP contribution in [-0.2, 0) is 6.42 Å². The van der Waals surface area contributed by atoms with Gasteiger partial charge in [0.1, 0.15) is 11.6 Å². The molecule has 2 aromatic carbocycles. The average molecular weight is 416 g/mol. The Morgan fingerprint density at radius 2 is 1.87 bits per heavy atom. The van der Waals surface area contributed by atoms with Gasteiger partial charge in [0.05, 0.1) is 37.1 Å². The van der Waals surface area contributed by atoms with E-state index in [-0.39, 0.29) is 5.88 Å². The number of fused-ring (bicyclic) bond motifs is 1. The molecule has 4 rings (SSSR count). The molecule has 3 aromatic rings. The van der Waals surface area contributed by atoms with Crippen molar-refractivity contribution in [2.75, 3.05) is 14.2 Å². The van der Waals surface area contributed by atoms with Crippen LogP contribution >= 0.6 is 0 Å². The Kier molecular flexibility index (Phi) is 5.54. The first-order valence-corrected chi connectivity index (χ1v) is 10.1. The van der Waals surface area contributed by atoms with Gasteiger partial charge in [0.2, 0.25) is 11.8 Å². The Morgan fingerprint density at radius 3 is 2.52 bits per heavy atom. The molecule has 0 saturated heterocycles. The Labute approximate surface area is 181 Å². The van der Waals surface area contributed by atoms with Crippen LogP contribution in [0.2, 0.25) is 0 Å². The topological polar surface area (TPSA) is 95.3 Å². The number of methoxy groups -OCH3 is 2. The lowest BCUT2D eigenvalue weighted by atomic mass is 9.83. The number of nitrogens with zero attached hydrogens (tertiary/aromatic N) is 3. The molecule has 1 aliphatic rings. The lowest BCUT2D eigenvalue weighted by Gasteiger charge is -2.25. The fraction of sp³-hybridized carbons (Fsp3) is 0.250. The van der Waals surface area contributed by atoms with E-state index in [9.17, 15) is 5.26 Å². The van der Waals surface area contributed by atoms with Crippen molar-refractivity contribution in [2.45, 2.75) is 25.7 Å². The molecule has 31 heavy (non-hydrogen) atoms. The number of aryl methyl sites for hydroxylation is 1. The van der Waals surface area contributed by atoms with Crippen LogP contribution in [-0.4, -0.2) is 24.0 Å². The van der Waals surface area contributed by atoms with Crippen LogP contribution in [0.25, 0.3) is 5.69 Å². The fourth-order valence-corrected chi connectivity index (χ4v) is 3.94. The van der Waals surface area contributed by atoms with Crippen molar-refractivity contribution in [3.8, 4) is 29.1 Å². The van der Waals surface area contributed by atoms with E-state index in [4.69, 9.17) is 25.0 Å². The van der Waals surface area contributed by atoms with Crippen molar-refractivity contribution in [3.63, 3.8) is 0 Å². The van der Waals surface area contributed by atoms with Gasteiger partial charge < -0.3 is 19.9 Å². The summed E-state index contributed by atoms with van der Waals surface area (Å²) in [7, 11) is 3.17. The maximum Gasteiger partial charge on any atom is 0.229 e. The van der Waals surface area contributed by atoms with Gasteiger partial charge in [0, 0.05) is 0 Å². The first-order chi connectivity index (χ1) is 15.1. The summed E-state index contributed by atoms with van der Waals surface area (Å²) in [5, 5.41) is 14.8. The molecular formula is C24H24N4O3. The molecule has 1 aliphatic heterocycles. The standard InChI is InChI=1S/C24H24N4O3/c1-4-8-18-22-21(15-11-12-19(29-2)20(13-15)30-3)17(14-25)23(26)31-24(22)28(27-18)16-9-6-5-7-10-16/h5-7,9-13,21H,4,8,26H2,1-3H3. The highest BCUT2D eigenvalue weighted by Crippen LogP contribution is 2.46. The summed E-state index contributed by atoms with van der Waals surface area (Å²) in [6.45, 7) is 2.10. The van der Waals surface area contributed by atoms with Gasteiger partial charge in [-0.1, -0.05) is 37.6 Å². The smallest absolute Gasteiger partial charge is 0.229 e. The summed E-state index contributed by atoms with van der Waals surface area (Å²) in [6, 6.07) is 17.6. The molecule has 1 atom stereocenters. The minimum absolute atomic E-state index is 0.0786. The molecule has 7 nitrogen and oxygen atoms in total. The van der Waals surface area contributed by atoms with Crippen molar-refractivity contribution in [3.05, 3.63) is 76.8 Å². The zero-order chi connectivity index (χ0) is 22.0. The van der Waals surface area contributed by atoms with Gasteiger partial charge in [0.15, 0.2) is 11.5 Å². The minimum Gasteiger partial charge on any atom is -0.493 e. The summed E-state index contributed by atoms with van der Waals surface area (Å²) in [4.78, 5) is 0. The highest BCUT2D eigenvalue weighted by molar-refractivity contribution is 5.59. The first-order valence-electron chi connectivity index (χ1n) is 10.1. The summed E-state index contributed by atoms with van der Waals surface area (Å²) < 4.78 is 18.6. The number of nitrogens with two attached hydrogens (primary N) is 1. The molecule has 2 heterocycles. The van der Waals surface area contributed by atoms with Gasteiger partial charge in [-0.15, -0.1) is 0 Å². The summed E-state index contributed by atoms with van der Waals surface area (Å²) in [5.74, 6) is 1.38. The zero-order valence-electron chi connectivity index (χ0n) is 17.8. The van der Waals surface area contributed by atoms with Gasteiger partial charge in [-0.25, -0.2) is 4.68 Å². The van der Waals surface area contributed by atoms with E-state index in [0.29, 0.717) is 23.0 Å². The first kappa shape index (κ1) is 20.4. The Morgan fingerprint density at radius 1 is 1.13 bits per heavy atom. The predicted molar refractivity (Wildman–Crippen MR) is 116 cm³/mol. The summed E-state index contributed by atoms with van der Waals surface area (Å²) in [5.41, 5.74) is 10.0. The van der Waals surface area contributed by atoms with Gasteiger partial charge in [-0.2, -0.15) is 10.4 Å². The number of para-hydroxylation sites is 1. The van der Waals surface area contributed by atoms with E-state index in [1.807, 2.05) is 48.5 Å². The van der Waals surface area contributed by atoms with Crippen molar-refractivity contribution < 1.29 is 14.2 Å². The van der Waals surface area contributed by atoms with Gasteiger partial charge in [-0.3, -0.25) is 0 Å². The van der Waals surface area contributed by atoms with E-state index >= 15 is 0 Å². The van der Waals surface area contributed by atoms with E-state index in [2.05, 4.69) is 13.0 Å². The summed E-state index contributed by atoms with van der Waals surface area (Å²) in [6.07, 6.45) is 1.64. The van der Waals surface area contributed by atoms with Gasteiger partial charge in [0.25, 0.3) is 0 Å². The molecule has 0 spiro atoms. The quantitative estimate of drug-likeness (QED) is 0.651. The Bertz CT molecular complexity index is 1180. The third-order valence-electron chi connectivity index (χ3n) is 5.35. The molecule has 0 bridgehead atoms. The predicted octanol–water partition coefficient (Wildman–Crippen LogP) is 4.06. The zero-order valence-corrected chi connectivity index (χ0v) is 17.8. The number of benzene rings is 2. The van der Waals surface area contributed by atoms with Crippen molar-refractivity contribution >= 4 is 0 Å². The van der Waals surface area contributed by atoms with E-state index < -0.39 is 5.92 Å². The molecule has 0 radical (unpaired) electrons. The number of ether oxygens (including phenoxy) is 3. The largest absolute Gasteiger partial charge is 0.493 e. The van der Waals surface area contributed by atoms with Crippen LogP contribution in [0.5, 0.6) is 17.4 Å². The number of allylic oxidation sites excluding steroid dienone is 1. The Hall–Kier alpha value is -3.92. The number of aromatic nitrogens is 2. The SMILES string of the molecule is CCCc1nn(-c2ccccc2)c2c1C(c1ccc(OC)c(OC)c1)C(C#N)=C(N)O2. The third-order valence-corrected chi connectivity index (χ3v) is 5.35. The second kappa shape index (κ2) is 8.44. The maximum absolute atomic E-state index is 9.94. The number of hydrogen-bond acceptors (Lipinski definition) is 6. The lowest BCUT2D eigenvalue weighted by Crippen LogP contribution is -2.22. The highest BCUT2D eigenvalue weighted by Gasteiger charge is 2.37. The third kappa shape index (κ3) is 3.46. The van der Waals surface area contributed by atoms with Crippen LogP contribution in [0.4, 0.5) is 0 Å². The van der Waals surface area contributed by atoms with Crippen LogP contribution in [0, 0.1) is 11.3 Å². The highest BCUT2D eigenvalue weighted by atomic mass is 16.5. The molecule has 0 amide bonds. The maximum atomic E-state index is 9.94. The molecule has 1 aromatic heterocycles. The van der Waals surface area contributed by atoms with Crippen molar-refractivity contribution in [2.24, 2.45) is 5.73 Å². The number of rotatable bonds is 6. The Balaban J connectivity index is 1.97. The minimum atomic E-state index is -0.424. The molecule has 2 N–H and O–H groups in total. The van der Waals surface area contributed by atoms with E-state index in [1.165, 1.54) is 0 Å². The van der Waals surface area contributed by atoms with Gasteiger partial charge in [-0.05, 0) is 36.2 Å². The second-order valence-corrected chi connectivity index (χ2v) is 7.20. The van der Waals surface area contributed by atoms with Crippen LogP contribution in [0.1, 0.15) is 36.1 Å². The fourth-order valence-electron chi connectivity index (χ4n) is 3.94. The normalized spacial score (nSPS) is 15.1. The second-order valence-electron chi connectivity index (χ2n) is 7.20. The number of nitriles is 1. The molecule has 0 aliphatic carbocycles.